The van der Waals surface area contributed by atoms with Crippen LogP contribution in [0.2, 0.25) is 0 Å². The van der Waals surface area contributed by atoms with Crippen molar-refractivity contribution in [3.05, 3.63) is 89.6 Å². The third-order valence-corrected chi connectivity index (χ3v) is 4.98. The van der Waals surface area contributed by atoms with Gasteiger partial charge in [0, 0.05) is 18.9 Å². The van der Waals surface area contributed by atoms with Crippen LogP contribution in [-0.4, -0.2) is 25.8 Å². The molecular weight excluding hydrogens is 394 g/mol. The fraction of sp³-hybridized carbons (Fsp3) is 0.130. The second-order valence-corrected chi connectivity index (χ2v) is 7.19. The molecule has 0 saturated heterocycles. The van der Waals surface area contributed by atoms with E-state index in [2.05, 4.69) is 26.6 Å². The van der Waals surface area contributed by atoms with Gasteiger partial charge in [-0.15, -0.1) is 0 Å². The van der Waals surface area contributed by atoms with E-state index in [1.807, 2.05) is 35.1 Å². The summed E-state index contributed by atoms with van der Waals surface area (Å²) in [5.41, 5.74) is 3.98. The van der Waals surface area contributed by atoms with Crippen LogP contribution in [0.25, 0.3) is 22.6 Å². The molecule has 5 aromatic rings. The van der Waals surface area contributed by atoms with E-state index in [9.17, 15) is 4.79 Å². The lowest BCUT2D eigenvalue weighted by Gasteiger charge is -2.09. The summed E-state index contributed by atoms with van der Waals surface area (Å²) in [6, 6.07) is 15.2. The summed E-state index contributed by atoms with van der Waals surface area (Å²) in [4.78, 5) is 17.5. The number of furan rings is 1. The molecule has 0 aliphatic heterocycles. The Morgan fingerprint density at radius 3 is 2.84 bits per heavy atom. The zero-order chi connectivity index (χ0) is 21.2. The number of benzene rings is 1. The van der Waals surface area contributed by atoms with E-state index in [4.69, 9.17) is 8.94 Å². The lowest BCUT2D eigenvalue weighted by Crippen LogP contribution is -2.23. The monoisotopic (exact) mass is 413 g/mol. The Labute approximate surface area is 177 Å². The average molecular weight is 413 g/mol. The van der Waals surface area contributed by atoms with Gasteiger partial charge in [-0.1, -0.05) is 29.4 Å². The number of fused-ring (bicyclic) bond motifs is 1. The van der Waals surface area contributed by atoms with Crippen LogP contribution in [0.15, 0.2) is 76.1 Å². The zero-order valence-corrected chi connectivity index (χ0v) is 16.8. The standard InChI is InChI=1S/C23H19N5O3/c1-15-21-18(12-19(20-7-3-10-30-20)26-23(21)31-27-15)22(29)24-13-16-5-2-6-17(11-16)14-28-9-4-8-25-28/h2-12H,13-14H2,1H3,(H,24,29). The van der Waals surface area contributed by atoms with Crippen molar-refractivity contribution in [2.45, 2.75) is 20.0 Å². The van der Waals surface area contributed by atoms with Crippen LogP contribution in [0.5, 0.6) is 0 Å². The van der Waals surface area contributed by atoms with Gasteiger partial charge in [-0.05, 0) is 42.3 Å². The number of hydrogen-bond acceptors (Lipinski definition) is 6. The summed E-state index contributed by atoms with van der Waals surface area (Å²) < 4.78 is 12.6. The van der Waals surface area contributed by atoms with Crippen molar-refractivity contribution >= 4 is 17.0 Å². The van der Waals surface area contributed by atoms with E-state index in [1.54, 1.807) is 37.6 Å². The number of carbonyl (C=O) groups is 1. The Kier molecular flexibility index (Phi) is 4.80. The minimum Gasteiger partial charge on any atom is -0.463 e. The Morgan fingerprint density at radius 1 is 1.13 bits per heavy atom. The number of hydrogen-bond donors (Lipinski definition) is 1. The van der Waals surface area contributed by atoms with Gasteiger partial charge in [-0.25, -0.2) is 4.98 Å². The van der Waals surface area contributed by atoms with Gasteiger partial charge >= 0.3 is 0 Å². The van der Waals surface area contributed by atoms with Gasteiger partial charge < -0.3 is 14.3 Å². The van der Waals surface area contributed by atoms with Gasteiger partial charge in [0.05, 0.1) is 29.5 Å². The Hall–Kier alpha value is -4.20. The van der Waals surface area contributed by atoms with Crippen LogP contribution in [0.4, 0.5) is 0 Å². The molecule has 0 aliphatic carbocycles. The topological polar surface area (TPSA) is 99.0 Å². The van der Waals surface area contributed by atoms with Crippen molar-refractivity contribution in [1.29, 1.82) is 0 Å². The summed E-state index contributed by atoms with van der Waals surface area (Å²) in [6.07, 6.45) is 5.23. The highest BCUT2D eigenvalue weighted by Crippen LogP contribution is 2.27. The summed E-state index contributed by atoms with van der Waals surface area (Å²) in [5, 5.41) is 11.8. The molecule has 4 aromatic heterocycles. The largest absolute Gasteiger partial charge is 0.463 e. The van der Waals surface area contributed by atoms with Crippen molar-refractivity contribution in [2.24, 2.45) is 0 Å². The molecule has 154 valence electrons. The summed E-state index contributed by atoms with van der Waals surface area (Å²) in [6.45, 7) is 2.85. The van der Waals surface area contributed by atoms with E-state index < -0.39 is 0 Å². The van der Waals surface area contributed by atoms with Crippen LogP contribution in [-0.2, 0) is 13.1 Å². The molecule has 8 nitrogen and oxygen atoms in total. The van der Waals surface area contributed by atoms with Crippen LogP contribution >= 0.6 is 0 Å². The van der Waals surface area contributed by atoms with E-state index in [0.717, 1.165) is 11.1 Å². The number of nitrogens with one attached hydrogen (secondary N) is 1. The molecule has 8 heteroatoms. The molecule has 0 atom stereocenters. The average Bonchev–Trinajstić information content (AvgIpc) is 3.55. The predicted molar refractivity (Wildman–Crippen MR) is 113 cm³/mol. The fourth-order valence-electron chi connectivity index (χ4n) is 3.52. The number of rotatable bonds is 6. The van der Waals surface area contributed by atoms with Crippen molar-refractivity contribution in [3.8, 4) is 11.5 Å². The highest BCUT2D eigenvalue weighted by Gasteiger charge is 2.20. The maximum Gasteiger partial charge on any atom is 0.259 e. The van der Waals surface area contributed by atoms with Crippen LogP contribution in [0.3, 0.4) is 0 Å². The second-order valence-electron chi connectivity index (χ2n) is 7.19. The first-order valence-electron chi connectivity index (χ1n) is 9.82. The Morgan fingerprint density at radius 2 is 2.03 bits per heavy atom. The third-order valence-electron chi connectivity index (χ3n) is 4.98. The number of aromatic nitrogens is 4. The Balaban J connectivity index is 1.39. The lowest BCUT2D eigenvalue weighted by molar-refractivity contribution is 0.0952. The molecule has 31 heavy (non-hydrogen) atoms. The number of nitrogens with zero attached hydrogens (tertiary/aromatic N) is 4. The van der Waals surface area contributed by atoms with Gasteiger partial charge in [0.15, 0.2) is 5.76 Å². The molecule has 0 saturated carbocycles. The lowest BCUT2D eigenvalue weighted by atomic mass is 10.1. The van der Waals surface area contributed by atoms with E-state index in [-0.39, 0.29) is 5.91 Å². The number of aryl methyl sites for hydroxylation is 1. The van der Waals surface area contributed by atoms with Crippen molar-refractivity contribution in [3.63, 3.8) is 0 Å². The minimum absolute atomic E-state index is 0.232. The number of carbonyl (C=O) groups excluding carboxylic acids is 1. The van der Waals surface area contributed by atoms with Gasteiger partial charge in [0.2, 0.25) is 0 Å². The van der Waals surface area contributed by atoms with E-state index in [1.165, 1.54) is 0 Å². The minimum atomic E-state index is -0.232. The molecular formula is C23H19N5O3. The maximum absolute atomic E-state index is 13.1. The molecule has 0 aliphatic rings. The molecule has 1 amide bonds. The highest BCUT2D eigenvalue weighted by molar-refractivity contribution is 6.06. The normalized spacial score (nSPS) is 11.1. The molecule has 5 rings (SSSR count). The van der Waals surface area contributed by atoms with Crippen molar-refractivity contribution in [1.82, 2.24) is 25.2 Å². The molecule has 0 fully saturated rings. The summed E-state index contributed by atoms with van der Waals surface area (Å²) >= 11 is 0. The summed E-state index contributed by atoms with van der Waals surface area (Å²) in [5.74, 6) is 0.320. The molecule has 0 radical (unpaired) electrons. The first kappa shape index (κ1) is 18.8. The van der Waals surface area contributed by atoms with E-state index in [0.29, 0.717) is 46.9 Å². The van der Waals surface area contributed by atoms with Crippen LogP contribution in [0, 0.1) is 6.92 Å². The van der Waals surface area contributed by atoms with Crippen LogP contribution < -0.4 is 5.32 Å². The molecule has 1 aromatic carbocycles. The molecule has 1 N–H and O–H groups in total. The van der Waals surface area contributed by atoms with Gasteiger partial charge in [-0.3, -0.25) is 9.48 Å². The molecule has 0 unspecified atom stereocenters. The Bertz CT molecular complexity index is 1340. The van der Waals surface area contributed by atoms with Gasteiger partial charge in [-0.2, -0.15) is 5.10 Å². The quantitative estimate of drug-likeness (QED) is 0.452. The SMILES string of the molecule is Cc1noc2nc(-c3ccco3)cc(C(=O)NCc3cccc(Cn4cccn4)c3)c12. The summed E-state index contributed by atoms with van der Waals surface area (Å²) in [7, 11) is 0. The first-order valence-corrected chi connectivity index (χ1v) is 9.82. The maximum atomic E-state index is 13.1. The van der Waals surface area contributed by atoms with Crippen molar-refractivity contribution < 1.29 is 13.7 Å². The zero-order valence-electron chi connectivity index (χ0n) is 16.8. The van der Waals surface area contributed by atoms with E-state index >= 15 is 0 Å². The number of pyridine rings is 1. The van der Waals surface area contributed by atoms with Crippen molar-refractivity contribution in [2.75, 3.05) is 0 Å². The third kappa shape index (κ3) is 3.83. The second kappa shape index (κ2) is 7.91. The smallest absolute Gasteiger partial charge is 0.259 e. The number of amides is 1. The molecule has 4 heterocycles. The highest BCUT2D eigenvalue weighted by atomic mass is 16.5. The van der Waals surface area contributed by atoms with Crippen LogP contribution in [0.1, 0.15) is 27.2 Å². The molecule has 0 spiro atoms. The molecule has 0 bridgehead atoms. The first-order chi connectivity index (χ1) is 15.2. The van der Waals surface area contributed by atoms with Gasteiger partial charge in [0.25, 0.3) is 11.6 Å². The predicted octanol–water partition coefficient (Wildman–Crippen LogP) is 3.97. The van der Waals surface area contributed by atoms with Gasteiger partial charge in [0.1, 0.15) is 5.69 Å². The fourth-order valence-corrected chi connectivity index (χ4v) is 3.52.